The van der Waals surface area contributed by atoms with Gasteiger partial charge in [0.1, 0.15) is 5.75 Å². The SMILES string of the molecule is CN(SOO)c1cc(SO)c(N)c2c(O)cccc12.S. The van der Waals surface area contributed by atoms with Gasteiger partial charge in [-0.15, -0.1) is 4.33 Å². The zero-order chi connectivity index (χ0) is 14.0. The van der Waals surface area contributed by atoms with Crippen LogP contribution in [0.1, 0.15) is 0 Å². The van der Waals surface area contributed by atoms with E-state index >= 15 is 0 Å². The Labute approximate surface area is 131 Å². The van der Waals surface area contributed by atoms with Gasteiger partial charge in [-0.3, -0.25) is 4.31 Å². The molecule has 0 radical (unpaired) electrons. The summed E-state index contributed by atoms with van der Waals surface area (Å²) in [6.07, 6.45) is 0. The maximum atomic E-state index is 9.93. The molecule has 0 aliphatic rings. The van der Waals surface area contributed by atoms with Gasteiger partial charge >= 0.3 is 0 Å². The fourth-order valence-electron chi connectivity index (χ4n) is 1.87. The lowest BCUT2D eigenvalue weighted by Crippen LogP contribution is -2.08. The zero-order valence-electron chi connectivity index (χ0n) is 10.4. The summed E-state index contributed by atoms with van der Waals surface area (Å²) < 4.78 is 14.8. The summed E-state index contributed by atoms with van der Waals surface area (Å²) in [5.74, 6) is 0.0236. The molecule has 110 valence electrons. The number of nitrogen functional groups attached to an aromatic ring is 1. The van der Waals surface area contributed by atoms with E-state index in [0.717, 1.165) is 0 Å². The Morgan fingerprint density at radius 1 is 1.35 bits per heavy atom. The van der Waals surface area contributed by atoms with Gasteiger partial charge in [0.05, 0.1) is 16.3 Å². The Hall–Kier alpha value is -0.970. The molecule has 0 saturated carbocycles. The number of nitrogens with zero attached hydrogens (tertiary/aromatic N) is 1. The number of rotatable bonds is 4. The van der Waals surface area contributed by atoms with Gasteiger partial charge in [-0.05, 0) is 12.1 Å². The summed E-state index contributed by atoms with van der Waals surface area (Å²) in [4.78, 5) is 0.411. The summed E-state index contributed by atoms with van der Waals surface area (Å²) in [7, 11) is 1.67. The van der Waals surface area contributed by atoms with Crippen molar-refractivity contribution >= 4 is 59.9 Å². The largest absolute Gasteiger partial charge is 0.507 e. The molecule has 2 aromatic rings. The van der Waals surface area contributed by atoms with E-state index in [-0.39, 0.29) is 19.2 Å². The van der Waals surface area contributed by atoms with Gasteiger partial charge in [0.25, 0.3) is 0 Å². The van der Waals surface area contributed by atoms with E-state index in [2.05, 4.69) is 4.33 Å². The lowest BCUT2D eigenvalue weighted by Gasteiger charge is -2.19. The molecule has 0 aliphatic heterocycles. The van der Waals surface area contributed by atoms with E-state index in [1.54, 1.807) is 29.6 Å². The molecule has 0 atom stereocenters. The van der Waals surface area contributed by atoms with Crippen LogP contribution < -0.4 is 10.0 Å². The predicted octanol–water partition coefficient (Wildman–Crippen LogP) is 3.29. The first-order valence-electron chi connectivity index (χ1n) is 5.17. The van der Waals surface area contributed by atoms with Crippen LogP contribution in [0.15, 0.2) is 29.2 Å². The van der Waals surface area contributed by atoms with Crippen molar-refractivity contribution in [3.8, 4) is 5.75 Å². The van der Waals surface area contributed by atoms with Crippen molar-refractivity contribution in [2.24, 2.45) is 0 Å². The standard InChI is InChI=1S/C11H12N2O4S2.H2S/c1-13(19-17-15)7-5-9(18-16)11(12)10-6(7)3-2-4-8(10)14;/h2-5,14-16H,12H2,1H3;1H2. The van der Waals surface area contributed by atoms with Crippen molar-refractivity contribution in [2.75, 3.05) is 17.1 Å². The van der Waals surface area contributed by atoms with Crippen molar-refractivity contribution in [3.05, 3.63) is 24.3 Å². The van der Waals surface area contributed by atoms with Gasteiger partial charge in [-0.25, -0.2) is 5.26 Å². The van der Waals surface area contributed by atoms with E-state index < -0.39 is 0 Å². The first-order chi connectivity index (χ1) is 9.10. The molecule has 5 N–H and O–H groups in total. The Morgan fingerprint density at radius 2 is 2.05 bits per heavy atom. The molecule has 20 heavy (non-hydrogen) atoms. The van der Waals surface area contributed by atoms with E-state index in [1.165, 1.54) is 6.07 Å². The third-order valence-electron chi connectivity index (χ3n) is 2.70. The molecule has 0 fully saturated rings. The smallest absolute Gasteiger partial charge is 0.151 e. The van der Waals surface area contributed by atoms with Crippen LogP contribution in [0.4, 0.5) is 11.4 Å². The summed E-state index contributed by atoms with van der Waals surface area (Å²) in [6, 6.07) is 6.63. The lowest BCUT2D eigenvalue weighted by atomic mass is 10.1. The van der Waals surface area contributed by atoms with Crippen molar-refractivity contribution in [3.63, 3.8) is 0 Å². The maximum Gasteiger partial charge on any atom is 0.151 e. The van der Waals surface area contributed by atoms with Gasteiger partial charge in [-0.2, -0.15) is 13.5 Å². The minimum atomic E-state index is 0. The molecule has 0 aliphatic carbocycles. The van der Waals surface area contributed by atoms with Crippen LogP contribution in [0.5, 0.6) is 5.75 Å². The fourth-order valence-corrected chi connectivity index (χ4v) is 2.56. The first kappa shape index (κ1) is 17.1. The number of hydrogen-bond acceptors (Lipinski definition) is 8. The van der Waals surface area contributed by atoms with Gasteiger partial charge < -0.3 is 15.4 Å². The van der Waals surface area contributed by atoms with Gasteiger partial charge in [0.2, 0.25) is 0 Å². The van der Waals surface area contributed by atoms with Crippen molar-refractivity contribution in [2.45, 2.75) is 4.90 Å². The Balaban J connectivity index is 0.00000200. The Bertz CT molecular complexity index is 612. The van der Waals surface area contributed by atoms with Crippen molar-refractivity contribution < 1.29 is 19.3 Å². The summed E-state index contributed by atoms with van der Waals surface area (Å²) in [5.41, 5.74) is 6.86. The predicted molar refractivity (Wildman–Crippen MR) is 88.6 cm³/mol. The molecule has 0 amide bonds. The molecule has 0 spiro atoms. The molecule has 9 heteroatoms. The second kappa shape index (κ2) is 7.16. The van der Waals surface area contributed by atoms with Crippen LogP contribution in [0.3, 0.4) is 0 Å². The van der Waals surface area contributed by atoms with E-state index in [4.69, 9.17) is 11.0 Å². The minimum absolute atomic E-state index is 0. The number of anilines is 2. The number of hydrogen-bond donors (Lipinski definition) is 4. The fraction of sp³-hybridized carbons (Fsp3) is 0.0909. The minimum Gasteiger partial charge on any atom is -0.507 e. The number of benzene rings is 2. The van der Waals surface area contributed by atoms with Crippen LogP contribution in [0, 0.1) is 0 Å². The van der Waals surface area contributed by atoms with Crippen molar-refractivity contribution in [1.29, 1.82) is 0 Å². The van der Waals surface area contributed by atoms with Gasteiger partial charge in [0.15, 0.2) is 12.2 Å². The molecule has 2 aromatic carbocycles. The third kappa shape index (κ3) is 3.03. The van der Waals surface area contributed by atoms with Gasteiger partial charge in [-0.1, -0.05) is 12.1 Å². The molecule has 6 nitrogen and oxygen atoms in total. The second-order valence-electron chi connectivity index (χ2n) is 3.75. The van der Waals surface area contributed by atoms with Crippen LogP contribution in [-0.2, 0) is 4.33 Å². The maximum absolute atomic E-state index is 9.93. The normalized spacial score (nSPS) is 10.3. The quantitative estimate of drug-likeness (QED) is 0.222. The van der Waals surface area contributed by atoms with Crippen LogP contribution >= 0.6 is 37.8 Å². The molecular weight excluding hydrogens is 320 g/mol. The first-order valence-corrected chi connectivity index (χ1v) is 6.64. The molecule has 0 aromatic heterocycles. The highest BCUT2D eigenvalue weighted by atomic mass is 32.2. The highest BCUT2D eigenvalue weighted by Crippen LogP contribution is 2.42. The Kier molecular flexibility index (Phi) is 6.11. The summed E-state index contributed by atoms with van der Waals surface area (Å²) >= 11 is 1.20. The summed E-state index contributed by atoms with van der Waals surface area (Å²) in [5, 5.41) is 19.6. The lowest BCUT2D eigenvalue weighted by molar-refractivity contribution is -0.116. The van der Waals surface area contributed by atoms with Crippen LogP contribution in [0.25, 0.3) is 10.8 Å². The molecule has 2 rings (SSSR count). The van der Waals surface area contributed by atoms with Crippen LogP contribution in [0.2, 0.25) is 0 Å². The average Bonchev–Trinajstić information content (AvgIpc) is 2.39. The second-order valence-corrected chi connectivity index (χ2v) is 5.21. The third-order valence-corrected chi connectivity index (χ3v) is 3.73. The van der Waals surface area contributed by atoms with E-state index in [1.807, 2.05) is 0 Å². The number of phenolic OH excluding ortho intramolecular Hbond substituents is 1. The number of aromatic hydroxyl groups is 1. The molecule has 0 saturated heterocycles. The molecule has 0 unspecified atom stereocenters. The van der Waals surface area contributed by atoms with Gasteiger partial charge in [0, 0.05) is 29.9 Å². The van der Waals surface area contributed by atoms with Crippen LogP contribution in [-0.4, -0.2) is 22.0 Å². The number of fused-ring (bicyclic) bond motifs is 1. The molecule has 0 heterocycles. The summed E-state index contributed by atoms with van der Waals surface area (Å²) in [6.45, 7) is 0. The highest BCUT2D eigenvalue weighted by molar-refractivity contribution is 7.96. The van der Waals surface area contributed by atoms with Crippen molar-refractivity contribution in [1.82, 2.24) is 0 Å². The topological polar surface area (TPSA) is 99.2 Å². The van der Waals surface area contributed by atoms with E-state index in [9.17, 15) is 9.66 Å². The Morgan fingerprint density at radius 3 is 2.65 bits per heavy atom. The molecule has 0 bridgehead atoms. The number of phenols is 1. The number of nitrogens with two attached hydrogens (primary N) is 1. The molecular formula is C11H14N2O4S3. The monoisotopic (exact) mass is 334 g/mol. The van der Waals surface area contributed by atoms with E-state index in [0.29, 0.717) is 51.3 Å². The average molecular weight is 334 g/mol. The zero-order valence-corrected chi connectivity index (χ0v) is 13.0. The highest BCUT2D eigenvalue weighted by Gasteiger charge is 2.16.